The average Bonchev–Trinajstić information content (AvgIpc) is 2.08. The Morgan fingerprint density at radius 2 is 2.21 bits per heavy atom. The maximum Gasteiger partial charge on any atom is 0.307 e. The highest BCUT2D eigenvalue weighted by Gasteiger charge is 2.12. The van der Waals surface area contributed by atoms with Crippen molar-refractivity contribution in [2.75, 3.05) is 0 Å². The van der Waals surface area contributed by atoms with E-state index in [1.807, 2.05) is 0 Å². The van der Waals surface area contributed by atoms with E-state index in [1.54, 1.807) is 0 Å². The second kappa shape index (κ2) is 4.75. The smallest absolute Gasteiger partial charge is 0.307 e. The van der Waals surface area contributed by atoms with Crippen molar-refractivity contribution in [2.24, 2.45) is 0 Å². The van der Waals surface area contributed by atoms with Gasteiger partial charge in [0.2, 0.25) is 0 Å². The van der Waals surface area contributed by atoms with E-state index in [0.29, 0.717) is 16.5 Å². The minimum absolute atomic E-state index is 0.154. The molecule has 0 aliphatic rings. The molecule has 1 aromatic rings. The molecule has 0 aliphatic carbocycles. The molecule has 0 saturated carbocycles. The zero-order chi connectivity index (χ0) is 10.7. The normalized spacial score (nSPS) is 10.2. The summed E-state index contributed by atoms with van der Waals surface area (Å²) in [7, 11) is 0. The van der Waals surface area contributed by atoms with Gasteiger partial charge in [0.1, 0.15) is 5.82 Å². The summed E-state index contributed by atoms with van der Waals surface area (Å²) >= 11 is 8.88. The molecule has 0 fully saturated rings. The first kappa shape index (κ1) is 11.5. The molecule has 0 heterocycles. The minimum Gasteiger partial charge on any atom is -0.481 e. The third kappa shape index (κ3) is 2.69. The van der Waals surface area contributed by atoms with Crippen molar-refractivity contribution >= 4 is 33.5 Å². The lowest BCUT2D eigenvalue weighted by molar-refractivity contribution is -0.136. The number of aliphatic carboxylic acids is 1. The van der Waals surface area contributed by atoms with E-state index in [4.69, 9.17) is 16.7 Å². The van der Waals surface area contributed by atoms with Gasteiger partial charge in [-0.15, -0.1) is 0 Å². The molecule has 2 nitrogen and oxygen atoms in total. The third-order valence-corrected chi connectivity index (χ3v) is 2.67. The van der Waals surface area contributed by atoms with Crippen molar-refractivity contribution in [3.05, 3.63) is 34.1 Å². The van der Waals surface area contributed by atoms with Crippen LogP contribution in [0.1, 0.15) is 11.1 Å². The summed E-state index contributed by atoms with van der Waals surface area (Å²) in [6.07, 6.45) is -0.194. The summed E-state index contributed by atoms with van der Waals surface area (Å²) in [4.78, 5) is 10.5. The van der Waals surface area contributed by atoms with E-state index in [9.17, 15) is 9.18 Å². The quantitative estimate of drug-likeness (QED) is 0.865. The minimum atomic E-state index is -0.985. The number of carboxylic acids is 1. The fourth-order valence-electron chi connectivity index (χ4n) is 1.13. The maximum absolute atomic E-state index is 12.9. The second-order valence-corrected chi connectivity index (χ2v) is 3.70. The summed E-state index contributed by atoms with van der Waals surface area (Å²) in [5.74, 6) is -1.45. The van der Waals surface area contributed by atoms with Crippen LogP contribution in [0.4, 0.5) is 4.39 Å². The fraction of sp³-hybridized carbons (Fsp3) is 0.222. The predicted octanol–water partition coefficient (Wildman–Crippen LogP) is 3.00. The monoisotopic (exact) mass is 280 g/mol. The van der Waals surface area contributed by atoms with Crippen molar-refractivity contribution in [1.29, 1.82) is 0 Å². The number of hydrogen-bond donors (Lipinski definition) is 1. The second-order valence-electron chi connectivity index (χ2n) is 2.73. The molecule has 0 saturated heterocycles. The van der Waals surface area contributed by atoms with Crippen LogP contribution in [0.15, 0.2) is 12.1 Å². The number of benzene rings is 1. The van der Waals surface area contributed by atoms with E-state index in [1.165, 1.54) is 6.07 Å². The molecular formula is C9H7BrClFO2. The molecule has 14 heavy (non-hydrogen) atoms. The Morgan fingerprint density at radius 1 is 1.57 bits per heavy atom. The summed E-state index contributed by atoms with van der Waals surface area (Å²) in [5.41, 5.74) is 1.02. The first-order chi connectivity index (χ1) is 6.54. The van der Waals surface area contributed by atoms with E-state index in [-0.39, 0.29) is 11.4 Å². The first-order valence-electron chi connectivity index (χ1n) is 3.79. The van der Waals surface area contributed by atoms with Crippen molar-refractivity contribution in [3.63, 3.8) is 0 Å². The largest absolute Gasteiger partial charge is 0.481 e. The number of carboxylic acid groups (broad SMARTS) is 1. The van der Waals surface area contributed by atoms with Gasteiger partial charge >= 0.3 is 5.97 Å². The van der Waals surface area contributed by atoms with E-state index in [0.717, 1.165) is 6.07 Å². The number of hydrogen-bond acceptors (Lipinski definition) is 1. The van der Waals surface area contributed by atoms with Crippen molar-refractivity contribution in [2.45, 2.75) is 11.8 Å². The average molecular weight is 282 g/mol. The molecule has 1 N–H and O–H groups in total. The molecule has 0 aliphatic heterocycles. The molecule has 0 atom stereocenters. The van der Waals surface area contributed by atoms with Crippen LogP contribution in [0.2, 0.25) is 5.02 Å². The molecule has 0 spiro atoms. The molecule has 0 unspecified atom stereocenters. The van der Waals surface area contributed by atoms with E-state index in [2.05, 4.69) is 15.9 Å². The van der Waals surface area contributed by atoms with E-state index < -0.39 is 11.8 Å². The summed E-state index contributed by atoms with van der Waals surface area (Å²) in [5, 5.41) is 9.15. The van der Waals surface area contributed by atoms with Gasteiger partial charge in [-0.25, -0.2) is 4.39 Å². The Morgan fingerprint density at radius 3 is 2.71 bits per heavy atom. The van der Waals surface area contributed by atoms with Crippen LogP contribution >= 0.6 is 27.5 Å². The SMILES string of the molecule is O=C(O)Cc1c(Cl)cc(F)cc1CBr. The lowest BCUT2D eigenvalue weighted by Crippen LogP contribution is -2.04. The van der Waals surface area contributed by atoms with E-state index >= 15 is 0 Å². The Hall–Kier alpha value is -0.610. The van der Waals surface area contributed by atoms with Gasteiger partial charge < -0.3 is 5.11 Å². The van der Waals surface area contributed by atoms with Crippen LogP contribution in [0, 0.1) is 5.82 Å². The van der Waals surface area contributed by atoms with Crippen molar-refractivity contribution in [3.8, 4) is 0 Å². The van der Waals surface area contributed by atoms with Crippen LogP contribution in [0.5, 0.6) is 0 Å². The van der Waals surface area contributed by atoms with Gasteiger partial charge in [0.25, 0.3) is 0 Å². The van der Waals surface area contributed by atoms with Gasteiger partial charge in [-0.2, -0.15) is 0 Å². The highest BCUT2D eigenvalue weighted by atomic mass is 79.9. The Kier molecular flexibility index (Phi) is 3.89. The molecule has 1 rings (SSSR count). The topological polar surface area (TPSA) is 37.3 Å². The van der Waals surface area contributed by atoms with Crippen LogP contribution in [0.25, 0.3) is 0 Å². The standard InChI is InChI=1S/C9H7BrClFO2/c10-4-5-1-6(12)2-8(11)7(5)3-9(13)14/h1-2H,3-4H2,(H,13,14). The number of alkyl halides is 1. The highest BCUT2D eigenvalue weighted by molar-refractivity contribution is 9.08. The van der Waals surface area contributed by atoms with Crippen LogP contribution in [0.3, 0.4) is 0 Å². The zero-order valence-corrected chi connectivity index (χ0v) is 9.40. The Labute approximate surface area is 93.8 Å². The molecule has 0 bridgehead atoms. The highest BCUT2D eigenvalue weighted by Crippen LogP contribution is 2.24. The zero-order valence-electron chi connectivity index (χ0n) is 7.06. The van der Waals surface area contributed by atoms with Gasteiger partial charge in [0.05, 0.1) is 6.42 Å². The van der Waals surface area contributed by atoms with Gasteiger partial charge in [0.15, 0.2) is 0 Å². The van der Waals surface area contributed by atoms with Crippen LogP contribution in [-0.2, 0) is 16.5 Å². The molecule has 76 valence electrons. The van der Waals surface area contributed by atoms with Crippen LogP contribution in [-0.4, -0.2) is 11.1 Å². The lowest BCUT2D eigenvalue weighted by atomic mass is 10.1. The third-order valence-electron chi connectivity index (χ3n) is 1.72. The first-order valence-corrected chi connectivity index (χ1v) is 5.29. The fourth-order valence-corrected chi connectivity index (χ4v) is 1.92. The van der Waals surface area contributed by atoms with Gasteiger partial charge in [-0.05, 0) is 23.3 Å². The molecule has 0 aromatic heterocycles. The molecule has 0 amide bonds. The molecule has 0 radical (unpaired) electrons. The Bertz CT molecular complexity index is 368. The van der Waals surface area contributed by atoms with Crippen molar-refractivity contribution < 1.29 is 14.3 Å². The maximum atomic E-state index is 12.9. The molecule has 5 heteroatoms. The Balaban J connectivity index is 3.18. The van der Waals surface area contributed by atoms with Crippen LogP contribution < -0.4 is 0 Å². The lowest BCUT2D eigenvalue weighted by Gasteiger charge is -2.07. The van der Waals surface area contributed by atoms with Crippen molar-refractivity contribution in [1.82, 2.24) is 0 Å². The van der Waals surface area contributed by atoms with Gasteiger partial charge in [-0.3, -0.25) is 4.79 Å². The number of carbonyl (C=O) groups is 1. The van der Waals surface area contributed by atoms with Gasteiger partial charge in [-0.1, -0.05) is 27.5 Å². The van der Waals surface area contributed by atoms with Gasteiger partial charge in [0, 0.05) is 10.4 Å². The number of rotatable bonds is 3. The summed E-state index contributed by atoms with van der Waals surface area (Å²) in [6, 6.07) is 2.39. The molecular weight excluding hydrogens is 274 g/mol. The summed E-state index contributed by atoms with van der Waals surface area (Å²) in [6.45, 7) is 0. The summed E-state index contributed by atoms with van der Waals surface area (Å²) < 4.78 is 12.9. The molecule has 1 aromatic carbocycles. The predicted molar refractivity (Wildman–Crippen MR) is 55.4 cm³/mol. The number of halogens is 3.